The van der Waals surface area contributed by atoms with Gasteiger partial charge in [0, 0.05) is 52.9 Å². The topological polar surface area (TPSA) is 62.1 Å². The lowest BCUT2D eigenvalue weighted by Gasteiger charge is -2.34. The highest BCUT2D eigenvalue weighted by molar-refractivity contribution is 5.92. The van der Waals surface area contributed by atoms with Crippen LogP contribution in [0.25, 0.3) is 0 Å². The molecule has 0 spiro atoms. The zero-order chi connectivity index (χ0) is 20.1. The van der Waals surface area contributed by atoms with Crippen molar-refractivity contribution in [3.8, 4) is 0 Å². The maximum absolute atomic E-state index is 12.7. The fourth-order valence-corrected chi connectivity index (χ4v) is 4.10. The Morgan fingerprint density at radius 3 is 2.55 bits per heavy atom. The van der Waals surface area contributed by atoms with Crippen molar-refractivity contribution in [2.24, 2.45) is 0 Å². The van der Waals surface area contributed by atoms with E-state index in [0.717, 1.165) is 52.1 Å². The number of hydrogen-bond donors (Lipinski definition) is 0. The van der Waals surface area contributed by atoms with Crippen LogP contribution in [-0.4, -0.2) is 78.1 Å². The van der Waals surface area contributed by atoms with Crippen LogP contribution in [0.1, 0.15) is 34.8 Å². The van der Waals surface area contributed by atoms with Gasteiger partial charge in [-0.1, -0.05) is 30.3 Å². The standard InChI is InChI=1S/C22H30N4O3/c1-28-19-8-5-9-26(15-19)22(27)20-17-29-21(23-20)16-25-12-10-24(11-13-25)14-18-6-3-2-4-7-18/h2-4,6-7,17,19H,5,8-16H2,1H3. The second kappa shape index (κ2) is 9.52. The predicted molar refractivity (Wildman–Crippen MR) is 109 cm³/mol. The fraction of sp³-hybridized carbons (Fsp3) is 0.545. The zero-order valence-electron chi connectivity index (χ0n) is 17.1. The van der Waals surface area contributed by atoms with E-state index in [1.807, 2.05) is 4.90 Å². The Bertz CT molecular complexity index is 786. The van der Waals surface area contributed by atoms with E-state index in [0.29, 0.717) is 24.7 Å². The number of aromatic nitrogens is 1. The summed E-state index contributed by atoms with van der Waals surface area (Å²) in [5.74, 6) is 0.555. The number of benzene rings is 1. The molecule has 4 rings (SSSR count). The molecule has 7 nitrogen and oxygen atoms in total. The molecule has 0 aliphatic carbocycles. The van der Waals surface area contributed by atoms with E-state index in [9.17, 15) is 4.79 Å². The van der Waals surface area contributed by atoms with Crippen molar-refractivity contribution in [1.29, 1.82) is 0 Å². The normalized spacial score (nSPS) is 21.4. The van der Waals surface area contributed by atoms with Crippen LogP contribution in [0.5, 0.6) is 0 Å². The van der Waals surface area contributed by atoms with Crippen LogP contribution < -0.4 is 0 Å². The third kappa shape index (κ3) is 5.23. The summed E-state index contributed by atoms with van der Waals surface area (Å²) in [6.07, 6.45) is 3.58. The van der Waals surface area contributed by atoms with Gasteiger partial charge >= 0.3 is 0 Å². The molecule has 2 saturated heterocycles. The van der Waals surface area contributed by atoms with Crippen molar-refractivity contribution in [1.82, 2.24) is 19.7 Å². The minimum absolute atomic E-state index is 0.0607. The number of amides is 1. The van der Waals surface area contributed by atoms with Gasteiger partial charge < -0.3 is 14.1 Å². The van der Waals surface area contributed by atoms with E-state index in [1.54, 1.807) is 7.11 Å². The summed E-state index contributed by atoms with van der Waals surface area (Å²) in [4.78, 5) is 23.8. The highest BCUT2D eigenvalue weighted by atomic mass is 16.5. The average molecular weight is 399 g/mol. The number of hydrogen-bond acceptors (Lipinski definition) is 6. The largest absolute Gasteiger partial charge is 0.447 e. The van der Waals surface area contributed by atoms with Crippen molar-refractivity contribution >= 4 is 5.91 Å². The van der Waals surface area contributed by atoms with Gasteiger partial charge in [0.05, 0.1) is 12.6 Å². The van der Waals surface area contributed by atoms with Gasteiger partial charge in [-0.25, -0.2) is 4.98 Å². The second-order valence-electron chi connectivity index (χ2n) is 7.92. The molecule has 1 aromatic heterocycles. The van der Waals surface area contributed by atoms with E-state index in [4.69, 9.17) is 9.15 Å². The fourth-order valence-electron chi connectivity index (χ4n) is 4.10. The molecule has 0 radical (unpaired) electrons. The number of rotatable bonds is 6. The first-order valence-corrected chi connectivity index (χ1v) is 10.5. The quantitative estimate of drug-likeness (QED) is 0.744. The van der Waals surface area contributed by atoms with E-state index >= 15 is 0 Å². The molecular formula is C22H30N4O3. The molecule has 0 bridgehead atoms. The molecular weight excluding hydrogens is 368 g/mol. The Hall–Kier alpha value is -2.22. The maximum Gasteiger partial charge on any atom is 0.275 e. The number of oxazole rings is 1. The SMILES string of the molecule is COC1CCCN(C(=O)c2coc(CN3CCN(Cc4ccccc4)CC3)n2)C1. The molecule has 1 amide bonds. The lowest BCUT2D eigenvalue weighted by molar-refractivity contribution is 0.0265. The number of likely N-dealkylation sites (tertiary alicyclic amines) is 1. The molecule has 2 aliphatic rings. The Labute approximate surface area is 172 Å². The van der Waals surface area contributed by atoms with Crippen molar-refractivity contribution in [3.63, 3.8) is 0 Å². The summed E-state index contributed by atoms with van der Waals surface area (Å²) in [5, 5.41) is 0. The average Bonchev–Trinajstić information content (AvgIpc) is 3.24. The number of methoxy groups -OCH3 is 1. The van der Waals surface area contributed by atoms with E-state index < -0.39 is 0 Å². The molecule has 7 heteroatoms. The van der Waals surface area contributed by atoms with E-state index in [1.165, 1.54) is 11.8 Å². The van der Waals surface area contributed by atoms with Gasteiger partial charge in [-0.15, -0.1) is 0 Å². The van der Waals surface area contributed by atoms with Crippen molar-refractivity contribution in [2.45, 2.75) is 32.0 Å². The molecule has 156 valence electrons. The molecule has 1 atom stereocenters. The van der Waals surface area contributed by atoms with Gasteiger partial charge in [0.15, 0.2) is 5.69 Å². The van der Waals surface area contributed by atoms with E-state index in [2.05, 4.69) is 45.1 Å². The van der Waals surface area contributed by atoms with Gasteiger partial charge in [0.25, 0.3) is 5.91 Å². The zero-order valence-corrected chi connectivity index (χ0v) is 17.1. The molecule has 1 unspecified atom stereocenters. The number of piperazine rings is 1. The molecule has 0 saturated carbocycles. The van der Waals surface area contributed by atoms with E-state index in [-0.39, 0.29) is 12.0 Å². The number of carbonyl (C=O) groups is 1. The molecule has 1 aromatic carbocycles. The van der Waals surface area contributed by atoms with Crippen LogP contribution in [0.4, 0.5) is 0 Å². The second-order valence-corrected chi connectivity index (χ2v) is 7.92. The van der Waals surface area contributed by atoms with Gasteiger partial charge in [-0.2, -0.15) is 0 Å². The number of ether oxygens (including phenoxy) is 1. The van der Waals surface area contributed by atoms with Gasteiger partial charge in [0.2, 0.25) is 5.89 Å². The number of piperidine rings is 1. The van der Waals surface area contributed by atoms with Crippen LogP contribution in [0, 0.1) is 0 Å². The highest BCUT2D eigenvalue weighted by Gasteiger charge is 2.27. The third-order valence-electron chi connectivity index (χ3n) is 5.84. The lowest BCUT2D eigenvalue weighted by Crippen LogP contribution is -2.45. The first-order valence-electron chi connectivity index (χ1n) is 10.5. The predicted octanol–water partition coefficient (Wildman–Crippen LogP) is 2.24. The first kappa shape index (κ1) is 20.1. The summed E-state index contributed by atoms with van der Waals surface area (Å²) in [5.41, 5.74) is 1.75. The summed E-state index contributed by atoms with van der Waals surface area (Å²) in [7, 11) is 1.70. The smallest absolute Gasteiger partial charge is 0.275 e. The summed E-state index contributed by atoms with van der Waals surface area (Å²) >= 11 is 0. The van der Waals surface area contributed by atoms with Crippen LogP contribution in [0.3, 0.4) is 0 Å². The minimum atomic E-state index is -0.0607. The van der Waals surface area contributed by atoms with Gasteiger partial charge in [-0.05, 0) is 18.4 Å². The summed E-state index contributed by atoms with van der Waals surface area (Å²) in [6, 6.07) is 10.6. The van der Waals surface area contributed by atoms with Gasteiger partial charge in [0.1, 0.15) is 6.26 Å². The maximum atomic E-state index is 12.7. The van der Waals surface area contributed by atoms with Crippen molar-refractivity contribution in [2.75, 3.05) is 46.4 Å². The Kier molecular flexibility index (Phi) is 6.59. The molecule has 3 heterocycles. The lowest BCUT2D eigenvalue weighted by atomic mass is 10.1. The van der Waals surface area contributed by atoms with Crippen molar-refractivity contribution < 1.29 is 13.9 Å². The third-order valence-corrected chi connectivity index (χ3v) is 5.84. The Morgan fingerprint density at radius 2 is 1.83 bits per heavy atom. The monoisotopic (exact) mass is 398 g/mol. The van der Waals surface area contributed by atoms with Crippen LogP contribution >= 0.6 is 0 Å². The van der Waals surface area contributed by atoms with Crippen LogP contribution in [-0.2, 0) is 17.8 Å². The van der Waals surface area contributed by atoms with Gasteiger partial charge in [-0.3, -0.25) is 14.6 Å². The summed E-state index contributed by atoms with van der Waals surface area (Å²) in [6.45, 7) is 7.00. The number of carbonyl (C=O) groups excluding carboxylic acids is 1. The Morgan fingerprint density at radius 1 is 1.10 bits per heavy atom. The number of nitrogens with zero attached hydrogens (tertiary/aromatic N) is 4. The molecule has 2 aromatic rings. The summed E-state index contributed by atoms with van der Waals surface area (Å²) < 4.78 is 11.0. The molecule has 2 fully saturated rings. The molecule has 0 N–H and O–H groups in total. The minimum Gasteiger partial charge on any atom is -0.447 e. The first-order chi connectivity index (χ1) is 14.2. The molecule has 29 heavy (non-hydrogen) atoms. The van der Waals surface area contributed by atoms with Crippen molar-refractivity contribution in [3.05, 3.63) is 53.7 Å². The Balaban J connectivity index is 1.26. The highest BCUT2D eigenvalue weighted by Crippen LogP contribution is 2.17. The molecule has 2 aliphatic heterocycles. The van der Waals surface area contributed by atoms with Crippen LogP contribution in [0.15, 0.2) is 41.0 Å². The van der Waals surface area contributed by atoms with Crippen LogP contribution in [0.2, 0.25) is 0 Å².